The number of rotatable bonds is 5. The van der Waals surface area contributed by atoms with E-state index < -0.39 is 18.8 Å². The van der Waals surface area contributed by atoms with Gasteiger partial charge in [0.05, 0.1) is 17.8 Å². The molecule has 5 heteroatoms. The van der Waals surface area contributed by atoms with Crippen LogP contribution < -0.4 is 5.73 Å². The average molecular weight is 316 g/mol. The van der Waals surface area contributed by atoms with Crippen LogP contribution in [0.2, 0.25) is 0 Å². The fourth-order valence-electron chi connectivity index (χ4n) is 2.26. The van der Waals surface area contributed by atoms with E-state index in [-0.39, 0.29) is 0 Å². The first-order valence-corrected chi connectivity index (χ1v) is 8.11. The van der Waals surface area contributed by atoms with Gasteiger partial charge in [0.2, 0.25) is 0 Å². The van der Waals surface area contributed by atoms with Crippen molar-refractivity contribution in [2.45, 2.75) is 12.1 Å². The van der Waals surface area contributed by atoms with Crippen molar-refractivity contribution in [3.63, 3.8) is 0 Å². The Balaban J connectivity index is 1.77. The van der Waals surface area contributed by atoms with Gasteiger partial charge in [0.1, 0.15) is 6.67 Å². The van der Waals surface area contributed by atoms with Crippen LogP contribution in [0, 0.1) is 0 Å². The second-order valence-corrected chi connectivity index (χ2v) is 6.13. The minimum absolute atomic E-state index is 0.620. The van der Waals surface area contributed by atoms with Crippen molar-refractivity contribution in [2.75, 3.05) is 12.4 Å². The number of benzene rings is 1. The molecule has 114 valence electrons. The SMILES string of the molecule is N[C@H](CF)[C@H](O)c1ccc(-c2ccc(C3=CSC3)nc2)cc1. The summed E-state index contributed by atoms with van der Waals surface area (Å²) in [6.07, 6.45) is 0.861. The van der Waals surface area contributed by atoms with Gasteiger partial charge in [0.15, 0.2) is 0 Å². The molecule has 0 amide bonds. The number of thioether (sulfide) groups is 1. The molecule has 3 N–H and O–H groups in total. The lowest BCUT2D eigenvalue weighted by Crippen LogP contribution is -2.30. The molecule has 0 unspecified atom stereocenters. The van der Waals surface area contributed by atoms with Gasteiger partial charge >= 0.3 is 0 Å². The Bertz CT molecular complexity index is 670. The number of hydrogen-bond donors (Lipinski definition) is 2. The van der Waals surface area contributed by atoms with E-state index in [9.17, 15) is 9.50 Å². The van der Waals surface area contributed by atoms with Gasteiger partial charge in [-0.2, -0.15) is 0 Å². The summed E-state index contributed by atoms with van der Waals surface area (Å²) in [5.74, 6) is 1.02. The number of nitrogens with zero attached hydrogens (tertiary/aromatic N) is 1. The highest BCUT2D eigenvalue weighted by molar-refractivity contribution is 8.04. The third-order valence-corrected chi connectivity index (χ3v) is 4.66. The molecule has 0 saturated heterocycles. The van der Waals surface area contributed by atoms with Crippen LogP contribution in [0.4, 0.5) is 4.39 Å². The van der Waals surface area contributed by atoms with Crippen LogP contribution in [0.3, 0.4) is 0 Å². The Kier molecular flexibility index (Phi) is 4.57. The van der Waals surface area contributed by atoms with Crippen molar-refractivity contribution < 1.29 is 9.50 Å². The zero-order valence-electron chi connectivity index (χ0n) is 11.9. The molecule has 2 aromatic rings. The second-order valence-electron chi connectivity index (χ2n) is 5.27. The number of aromatic nitrogens is 1. The topological polar surface area (TPSA) is 59.1 Å². The van der Waals surface area contributed by atoms with E-state index in [4.69, 9.17) is 5.73 Å². The van der Waals surface area contributed by atoms with Gasteiger partial charge in [-0.3, -0.25) is 4.98 Å². The first-order chi connectivity index (χ1) is 10.7. The number of pyridine rings is 1. The Morgan fingerprint density at radius 1 is 1.18 bits per heavy atom. The molecule has 0 fully saturated rings. The molecule has 3 nitrogen and oxygen atoms in total. The fourth-order valence-corrected chi connectivity index (χ4v) is 2.86. The highest BCUT2D eigenvalue weighted by atomic mass is 32.2. The fraction of sp³-hybridized carbons (Fsp3) is 0.235. The number of aliphatic hydroxyl groups excluding tert-OH is 1. The quantitative estimate of drug-likeness (QED) is 0.889. The van der Waals surface area contributed by atoms with E-state index in [0.29, 0.717) is 5.56 Å². The Morgan fingerprint density at radius 3 is 2.36 bits per heavy atom. The van der Waals surface area contributed by atoms with Gasteiger partial charge in [-0.15, -0.1) is 11.8 Å². The van der Waals surface area contributed by atoms with Crippen LogP contribution >= 0.6 is 11.8 Å². The van der Waals surface area contributed by atoms with E-state index in [2.05, 4.69) is 10.4 Å². The summed E-state index contributed by atoms with van der Waals surface area (Å²) in [5, 5.41) is 12.0. The van der Waals surface area contributed by atoms with Crippen LogP contribution in [0.1, 0.15) is 17.4 Å². The van der Waals surface area contributed by atoms with Crippen molar-refractivity contribution in [3.8, 4) is 11.1 Å². The molecule has 2 heterocycles. The molecule has 0 bridgehead atoms. The standard InChI is InChI=1S/C17H17FN2OS/c18-7-15(19)17(21)12-3-1-11(2-4-12)13-5-6-16(20-8-13)14-9-22-10-14/h1-6,8-9,15,17,21H,7,10,19H2/t15-,17-/m1/s1. The summed E-state index contributed by atoms with van der Waals surface area (Å²) in [6.45, 7) is -0.748. The number of alkyl halides is 1. The molecule has 0 radical (unpaired) electrons. The molecule has 3 rings (SSSR count). The number of halogens is 1. The van der Waals surface area contributed by atoms with E-state index in [1.165, 1.54) is 5.57 Å². The third kappa shape index (κ3) is 3.06. The normalized spacial score (nSPS) is 16.6. The molecule has 1 aromatic heterocycles. The van der Waals surface area contributed by atoms with Gasteiger partial charge in [0, 0.05) is 17.5 Å². The lowest BCUT2D eigenvalue weighted by atomic mass is 9.99. The zero-order valence-corrected chi connectivity index (χ0v) is 12.8. The summed E-state index contributed by atoms with van der Waals surface area (Å²) in [6, 6.07) is 10.5. The van der Waals surface area contributed by atoms with Gasteiger partial charge in [-0.05, 0) is 28.2 Å². The first-order valence-electron chi connectivity index (χ1n) is 7.06. The first kappa shape index (κ1) is 15.2. The molecule has 1 aliphatic heterocycles. The maximum atomic E-state index is 12.5. The molecule has 22 heavy (non-hydrogen) atoms. The predicted molar refractivity (Wildman–Crippen MR) is 89.0 cm³/mol. The van der Waals surface area contributed by atoms with Crippen molar-refractivity contribution in [1.29, 1.82) is 0 Å². The predicted octanol–water partition coefficient (Wildman–Crippen LogP) is 3.17. The minimum Gasteiger partial charge on any atom is -0.387 e. The van der Waals surface area contributed by atoms with Crippen LogP contribution in [-0.2, 0) is 0 Å². The van der Waals surface area contributed by atoms with E-state index >= 15 is 0 Å². The summed E-state index contributed by atoms with van der Waals surface area (Å²) >= 11 is 1.79. The molecular formula is C17H17FN2OS. The van der Waals surface area contributed by atoms with Gasteiger partial charge in [0.25, 0.3) is 0 Å². The largest absolute Gasteiger partial charge is 0.387 e. The molecular weight excluding hydrogens is 299 g/mol. The highest BCUT2D eigenvalue weighted by Crippen LogP contribution is 2.31. The number of nitrogens with two attached hydrogens (primary N) is 1. The monoisotopic (exact) mass is 316 g/mol. The summed E-state index contributed by atoms with van der Waals surface area (Å²) in [7, 11) is 0. The number of aliphatic hydroxyl groups is 1. The lowest BCUT2D eigenvalue weighted by molar-refractivity contribution is 0.132. The molecule has 1 aliphatic rings. The summed E-state index contributed by atoms with van der Waals surface area (Å²) in [5.41, 5.74) is 10.4. The van der Waals surface area contributed by atoms with Gasteiger partial charge in [-0.25, -0.2) is 4.39 Å². The summed E-state index contributed by atoms with van der Waals surface area (Å²) in [4.78, 5) is 4.48. The Morgan fingerprint density at radius 2 is 1.86 bits per heavy atom. The van der Waals surface area contributed by atoms with Gasteiger partial charge < -0.3 is 10.8 Å². The van der Waals surface area contributed by atoms with Crippen molar-refractivity contribution in [2.24, 2.45) is 5.73 Å². The van der Waals surface area contributed by atoms with Crippen LogP contribution in [-0.4, -0.2) is 28.6 Å². The van der Waals surface area contributed by atoms with Crippen LogP contribution in [0.5, 0.6) is 0 Å². The maximum Gasteiger partial charge on any atom is 0.107 e. The molecule has 0 spiro atoms. The van der Waals surface area contributed by atoms with Crippen molar-refractivity contribution in [1.82, 2.24) is 4.98 Å². The minimum atomic E-state index is -0.984. The molecule has 0 saturated carbocycles. The molecule has 0 aliphatic carbocycles. The smallest absolute Gasteiger partial charge is 0.107 e. The highest BCUT2D eigenvalue weighted by Gasteiger charge is 2.16. The van der Waals surface area contributed by atoms with Gasteiger partial charge in [-0.1, -0.05) is 30.3 Å². The van der Waals surface area contributed by atoms with E-state index in [0.717, 1.165) is 22.6 Å². The van der Waals surface area contributed by atoms with Crippen LogP contribution in [0.15, 0.2) is 48.0 Å². The maximum absolute atomic E-state index is 12.5. The van der Waals surface area contributed by atoms with Crippen molar-refractivity contribution in [3.05, 3.63) is 59.3 Å². The lowest BCUT2D eigenvalue weighted by Gasteiger charge is -2.16. The Hall–Kier alpha value is -1.69. The van der Waals surface area contributed by atoms with E-state index in [1.54, 1.807) is 23.9 Å². The van der Waals surface area contributed by atoms with E-state index in [1.807, 2.05) is 30.5 Å². The molecule has 2 atom stereocenters. The van der Waals surface area contributed by atoms with Crippen molar-refractivity contribution >= 4 is 17.3 Å². The van der Waals surface area contributed by atoms with Crippen LogP contribution in [0.25, 0.3) is 16.7 Å². The zero-order chi connectivity index (χ0) is 15.5. The second kappa shape index (κ2) is 6.60. The third-order valence-electron chi connectivity index (χ3n) is 3.73. The Labute approximate surface area is 133 Å². The summed E-state index contributed by atoms with van der Waals surface area (Å²) < 4.78 is 12.5. The molecule has 1 aromatic carbocycles. The number of hydrogen-bond acceptors (Lipinski definition) is 4. The average Bonchev–Trinajstić information content (AvgIpc) is 2.53.